The molecule has 138 valence electrons. The summed E-state index contributed by atoms with van der Waals surface area (Å²) in [6.45, 7) is 8.55. The Kier molecular flexibility index (Phi) is 5.07. The molecule has 0 unspecified atom stereocenters. The molecule has 1 spiro atoms. The molecule has 4 heteroatoms. The van der Waals surface area contributed by atoms with Gasteiger partial charge in [-0.2, -0.15) is 0 Å². The smallest absolute Gasteiger partial charge is 0.0959 e. The Bertz CT molecular complexity index is 738. The third-order valence-electron chi connectivity index (χ3n) is 5.41. The maximum absolute atomic E-state index is 6.16. The van der Waals surface area contributed by atoms with Crippen molar-refractivity contribution in [3.63, 3.8) is 0 Å². The van der Waals surface area contributed by atoms with Crippen LogP contribution < -0.4 is 0 Å². The lowest BCUT2D eigenvalue weighted by Gasteiger charge is -2.53. The Labute approximate surface area is 156 Å². The summed E-state index contributed by atoms with van der Waals surface area (Å²) in [6.07, 6.45) is 2.24. The van der Waals surface area contributed by atoms with Crippen molar-refractivity contribution in [2.24, 2.45) is 0 Å². The summed E-state index contributed by atoms with van der Waals surface area (Å²) in [6, 6.07) is 14.9. The average molecular weight is 352 g/mol. The first kappa shape index (κ1) is 17.7. The van der Waals surface area contributed by atoms with Crippen molar-refractivity contribution in [3.8, 4) is 0 Å². The lowest BCUT2D eigenvalue weighted by molar-refractivity contribution is -0.200. The molecule has 0 saturated carbocycles. The molecule has 1 atom stereocenters. The van der Waals surface area contributed by atoms with Crippen molar-refractivity contribution in [2.45, 2.75) is 51.5 Å². The topological polar surface area (TPSA) is 34.6 Å². The molecule has 0 bridgehead atoms. The van der Waals surface area contributed by atoms with Crippen LogP contribution in [0.2, 0.25) is 0 Å². The summed E-state index contributed by atoms with van der Waals surface area (Å²) < 4.78 is 12.3. The van der Waals surface area contributed by atoms with Gasteiger partial charge in [0.1, 0.15) is 0 Å². The van der Waals surface area contributed by atoms with Crippen LogP contribution >= 0.6 is 0 Å². The van der Waals surface area contributed by atoms with E-state index in [1.807, 2.05) is 25.1 Å². The van der Waals surface area contributed by atoms with Crippen molar-refractivity contribution >= 4 is 0 Å². The zero-order valence-electron chi connectivity index (χ0n) is 15.8. The van der Waals surface area contributed by atoms with Gasteiger partial charge in [-0.1, -0.05) is 35.9 Å². The van der Waals surface area contributed by atoms with Crippen molar-refractivity contribution in [1.82, 2.24) is 9.88 Å². The molecule has 3 heterocycles. The minimum atomic E-state index is -0.00630. The normalized spacial score (nSPS) is 22.3. The molecule has 2 aromatic rings. The van der Waals surface area contributed by atoms with E-state index >= 15 is 0 Å². The maximum Gasteiger partial charge on any atom is 0.0959 e. The molecule has 2 aliphatic heterocycles. The number of aryl methyl sites for hydroxylation is 2. The number of pyridine rings is 1. The number of hydrogen-bond donors (Lipinski definition) is 0. The van der Waals surface area contributed by atoms with Gasteiger partial charge in [0, 0.05) is 38.4 Å². The molecule has 2 fully saturated rings. The van der Waals surface area contributed by atoms with E-state index in [-0.39, 0.29) is 11.7 Å². The highest BCUT2D eigenvalue weighted by Gasteiger charge is 2.47. The van der Waals surface area contributed by atoms with Gasteiger partial charge in [-0.05, 0) is 38.0 Å². The van der Waals surface area contributed by atoms with E-state index in [9.17, 15) is 0 Å². The summed E-state index contributed by atoms with van der Waals surface area (Å²) in [5, 5.41) is 0. The molecule has 2 saturated heterocycles. The third kappa shape index (κ3) is 4.14. The fraction of sp³-hybridized carbons (Fsp3) is 0.500. The SMILES string of the molecule is Cc1ccc(CN2CC3(C[C@H](OCc4cccc(C)n4)CCO3)C2)cc1. The van der Waals surface area contributed by atoms with Crippen molar-refractivity contribution < 1.29 is 9.47 Å². The zero-order valence-corrected chi connectivity index (χ0v) is 15.8. The fourth-order valence-electron chi connectivity index (χ4n) is 4.06. The van der Waals surface area contributed by atoms with Gasteiger partial charge in [-0.25, -0.2) is 0 Å². The van der Waals surface area contributed by atoms with Gasteiger partial charge < -0.3 is 9.47 Å². The van der Waals surface area contributed by atoms with Gasteiger partial charge in [0.15, 0.2) is 0 Å². The number of nitrogens with zero attached hydrogens (tertiary/aromatic N) is 2. The first-order valence-corrected chi connectivity index (χ1v) is 9.56. The van der Waals surface area contributed by atoms with E-state index in [4.69, 9.17) is 9.47 Å². The van der Waals surface area contributed by atoms with Crippen LogP contribution in [0.4, 0.5) is 0 Å². The van der Waals surface area contributed by atoms with Crippen LogP contribution in [0.15, 0.2) is 42.5 Å². The summed E-state index contributed by atoms with van der Waals surface area (Å²) >= 11 is 0. The predicted molar refractivity (Wildman–Crippen MR) is 102 cm³/mol. The Hall–Kier alpha value is -1.75. The second-order valence-electron chi connectivity index (χ2n) is 7.86. The molecule has 0 amide bonds. The second kappa shape index (κ2) is 7.47. The maximum atomic E-state index is 6.16. The van der Waals surface area contributed by atoms with Crippen molar-refractivity contribution in [1.29, 1.82) is 0 Å². The van der Waals surface area contributed by atoms with Crippen LogP contribution in [0.3, 0.4) is 0 Å². The van der Waals surface area contributed by atoms with Gasteiger partial charge in [0.05, 0.1) is 24.0 Å². The van der Waals surface area contributed by atoms with E-state index in [1.165, 1.54) is 11.1 Å². The van der Waals surface area contributed by atoms with Crippen LogP contribution in [0.25, 0.3) is 0 Å². The second-order valence-corrected chi connectivity index (χ2v) is 7.86. The van der Waals surface area contributed by atoms with E-state index in [0.29, 0.717) is 6.61 Å². The highest BCUT2D eigenvalue weighted by atomic mass is 16.5. The standard InChI is InChI=1S/C22H28N2O2/c1-17-6-8-19(9-7-17)13-24-15-22(16-24)12-21(10-11-26-22)25-14-20-5-3-4-18(2)23-20/h3-9,21H,10-16H2,1-2H3/t21-/m1/s1. The highest BCUT2D eigenvalue weighted by molar-refractivity contribution is 5.22. The van der Waals surface area contributed by atoms with E-state index in [0.717, 1.165) is 50.5 Å². The van der Waals surface area contributed by atoms with Gasteiger partial charge >= 0.3 is 0 Å². The van der Waals surface area contributed by atoms with E-state index < -0.39 is 0 Å². The quantitative estimate of drug-likeness (QED) is 0.823. The number of aromatic nitrogens is 1. The minimum absolute atomic E-state index is 0.00630. The van der Waals surface area contributed by atoms with Gasteiger partial charge in [-0.15, -0.1) is 0 Å². The molecule has 2 aliphatic rings. The number of rotatable bonds is 5. The monoisotopic (exact) mass is 352 g/mol. The van der Waals surface area contributed by atoms with E-state index in [2.05, 4.69) is 41.1 Å². The van der Waals surface area contributed by atoms with Crippen molar-refractivity contribution in [3.05, 3.63) is 65.0 Å². The highest BCUT2D eigenvalue weighted by Crippen LogP contribution is 2.36. The fourth-order valence-corrected chi connectivity index (χ4v) is 4.06. The molecule has 1 aromatic heterocycles. The molecule has 0 N–H and O–H groups in total. The zero-order chi connectivity index (χ0) is 18.0. The molecule has 1 aromatic carbocycles. The molecule has 0 aliphatic carbocycles. The first-order valence-electron chi connectivity index (χ1n) is 9.56. The Morgan fingerprint density at radius 3 is 2.73 bits per heavy atom. The van der Waals surface area contributed by atoms with Gasteiger partial charge in [0.2, 0.25) is 0 Å². The minimum Gasteiger partial charge on any atom is -0.372 e. The largest absolute Gasteiger partial charge is 0.372 e. The predicted octanol–water partition coefficient (Wildman–Crippen LogP) is 3.65. The molecular weight excluding hydrogens is 324 g/mol. The van der Waals surface area contributed by atoms with Crippen molar-refractivity contribution in [2.75, 3.05) is 19.7 Å². The first-order chi connectivity index (χ1) is 12.6. The van der Waals surface area contributed by atoms with Crippen LogP contribution in [0.1, 0.15) is 35.4 Å². The summed E-state index contributed by atoms with van der Waals surface area (Å²) in [5.74, 6) is 0. The number of ether oxygens (including phenoxy) is 2. The lowest BCUT2D eigenvalue weighted by Crippen LogP contribution is -2.65. The Balaban J connectivity index is 1.27. The van der Waals surface area contributed by atoms with Crippen LogP contribution in [-0.2, 0) is 22.6 Å². The van der Waals surface area contributed by atoms with Crippen LogP contribution in [0, 0.1) is 13.8 Å². The number of likely N-dealkylation sites (tertiary alicyclic amines) is 1. The summed E-state index contributed by atoms with van der Waals surface area (Å²) in [5.41, 5.74) is 4.74. The van der Waals surface area contributed by atoms with Crippen LogP contribution in [-0.4, -0.2) is 41.3 Å². The number of benzene rings is 1. The molecule has 4 rings (SSSR count). The van der Waals surface area contributed by atoms with Gasteiger partial charge in [-0.3, -0.25) is 9.88 Å². The Morgan fingerprint density at radius 2 is 1.96 bits per heavy atom. The average Bonchev–Trinajstić information content (AvgIpc) is 2.61. The lowest BCUT2D eigenvalue weighted by atomic mass is 9.84. The molecule has 0 radical (unpaired) electrons. The van der Waals surface area contributed by atoms with Gasteiger partial charge in [0.25, 0.3) is 0 Å². The van der Waals surface area contributed by atoms with E-state index in [1.54, 1.807) is 0 Å². The molecular formula is C22H28N2O2. The third-order valence-corrected chi connectivity index (χ3v) is 5.41. The summed E-state index contributed by atoms with van der Waals surface area (Å²) in [7, 11) is 0. The molecule has 26 heavy (non-hydrogen) atoms. The van der Waals surface area contributed by atoms with Crippen LogP contribution in [0.5, 0.6) is 0 Å². The summed E-state index contributed by atoms with van der Waals surface area (Å²) in [4.78, 5) is 7.00. The molecule has 4 nitrogen and oxygen atoms in total. The number of hydrogen-bond acceptors (Lipinski definition) is 4. The Morgan fingerprint density at radius 1 is 1.15 bits per heavy atom.